The van der Waals surface area contributed by atoms with Crippen molar-refractivity contribution in [3.05, 3.63) is 61.2 Å². The number of rotatable bonds is 9. The minimum atomic E-state index is 0.580. The fourth-order valence-electron chi connectivity index (χ4n) is 2.74. The Morgan fingerprint density at radius 1 is 1.16 bits per heavy atom. The van der Waals surface area contributed by atoms with Gasteiger partial charge < -0.3 is 0 Å². The van der Waals surface area contributed by atoms with Crippen LogP contribution in [0, 0.1) is 5.92 Å². The smallest absolute Gasteiger partial charge is 0.0240 e. The van der Waals surface area contributed by atoms with Gasteiger partial charge in [0.1, 0.15) is 0 Å². The lowest BCUT2D eigenvalue weighted by atomic mass is 9.94. The van der Waals surface area contributed by atoms with E-state index in [1.165, 1.54) is 5.56 Å². The van der Waals surface area contributed by atoms with Gasteiger partial charge in [-0.3, -0.25) is 4.90 Å². The van der Waals surface area contributed by atoms with Gasteiger partial charge in [0.15, 0.2) is 0 Å². The highest BCUT2D eigenvalue weighted by molar-refractivity contribution is 5.14. The van der Waals surface area contributed by atoms with E-state index in [0.29, 0.717) is 12.0 Å². The fraction of sp³-hybridized carbons (Fsp3) is 0.444. The van der Waals surface area contributed by atoms with Gasteiger partial charge in [-0.1, -0.05) is 56.3 Å². The van der Waals surface area contributed by atoms with Crippen molar-refractivity contribution in [3.8, 4) is 0 Å². The molecule has 1 aromatic rings. The molecule has 0 aliphatic rings. The molecule has 2 atom stereocenters. The summed E-state index contributed by atoms with van der Waals surface area (Å²) in [7, 11) is 0. The highest BCUT2D eigenvalue weighted by Crippen LogP contribution is 2.20. The Morgan fingerprint density at radius 3 is 2.37 bits per heavy atom. The summed E-state index contributed by atoms with van der Waals surface area (Å²) in [4.78, 5) is 2.52. The molecule has 0 N–H and O–H groups in total. The number of nitrogens with zero attached hydrogens (tertiary/aromatic N) is 1. The summed E-state index contributed by atoms with van der Waals surface area (Å²) in [6, 6.07) is 11.3. The van der Waals surface area contributed by atoms with E-state index in [2.05, 4.69) is 62.2 Å². The van der Waals surface area contributed by atoms with Gasteiger partial charge in [-0.05, 0) is 24.3 Å². The minimum absolute atomic E-state index is 0.580. The number of hydrogen-bond donors (Lipinski definition) is 0. The molecule has 0 heterocycles. The number of hydrogen-bond acceptors (Lipinski definition) is 1. The lowest BCUT2D eigenvalue weighted by Crippen LogP contribution is -2.39. The van der Waals surface area contributed by atoms with Gasteiger partial charge in [0, 0.05) is 19.1 Å². The van der Waals surface area contributed by atoms with Crippen LogP contribution in [0.4, 0.5) is 0 Å². The molecule has 0 aliphatic carbocycles. The van der Waals surface area contributed by atoms with Gasteiger partial charge in [-0.2, -0.15) is 0 Å². The summed E-state index contributed by atoms with van der Waals surface area (Å²) in [6.07, 6.45) is 6.27. The molecule has 0 saturated carbocycles. The summed E-state index contributed by atoms with van der Waals surface area (Å²) in [5.74, 6) is 0.631. The fourth-order valence-corrected chi connectivity index (χ4v) is 2.74. The molecule has 1 heteroatoms. The van der Waals surface area contributed by atoms with Crippen LogP contribution in [-0.4, -0.2) is 17.5 Å². The zero-order chi connectivity index (χ0) is 14.1. The van der Waals surface area contributed by atoms with Gasteiger partial charge >= 0.3 is 0 Å². The van der Waals surface area contributed by atoms with Gasteiger partial charge in [0.2, 0.25) is 0 Å². The Balaban J connectivity index is 2.78. The van der Waals surface area contributed by atoms with Crippen molar-refractivity contribution in [1.82, 2.24) is 4.90 Å². The third-order valence-electron chi connectivity index (χ3n) is 3.67. The highest BCUT2D eigenvalue weighted by atomic mass is 15.2. The third-order valence-corrected chi connectivity index (χ3v) is 3.67. The zero-order valence-electron chi connectivity index (χ0n) is 12.4. The van der Waals surface area contributed by atoms with E-state index < -0.39 is 0 Å². The Kier molecular flexibility index (Phi) is 7.20. The van der Waals surface area contributed by atoms with Crippen molar-refractivity contribution in [2.45, 2.75) is 39.3 Å². The van der Waals surface area contributed by atoms with Crippen molar-refractivity contribution < 1.29 is 0 Å². The highest BCUT2D eigenvalue weighted by Gasteiger charge is 2.21. The molecule has 0 amide bonds. The molecule has 0 aliphatic heterocycles. The zero-order valence-corrected chi connectivity index (χ0v) is 12.4. The average molecular weight is 257 g/mol. The lowest BCUT2D eigenvalue weighted by molar-refractivity contribution is 0.151. The Labute approximate surface area is 118 Å². The molecule has 1 rings (SSSR count). The van der Waals surface area contributed by atoms with E-state index in [1.54, 1.807) is 0 Å². The Hall–Kier alpha value is -1.34. The quantitative estimate of drug-likeness (QED) is 0.581. The molecular formula is C18H27N. The van der Waals surface area contributed by atoms with Crippen molar-refractivity contribution in [2.75, 3.05) is 6.54 Å². The first kappa shape index (κ1) is 15.7. The lowest BCUT2D eigenvalue weighted by Gasteiger charge is -2.34. The summed E-state index contributed by atoms with van der Waals surface area (Å²) in [5, 5.41) is 0. The second-order valence-electron chi connectivity index (χ2n) is 5.18. The third kappa shape index (κ3) is 5.04. The summed E-state index contributed by atoms with van der Waals surface area (Å²) in [6.45, 7) is 14.3. The maximum absolute atomic E-state index is 3.90. The Bertz CT molecular complexity index is 369. The van der Waals surface area contributed by atoms with E-state index >= 15 is 0 Å². The molecule has 104 valence electrons. The first-order valence-electron chi connectivity index (χ1n) is 7.22. The maximum atomic E-state index is 3.90. The maximum Gasteiger partial charge on any atom is 0.0240 e. The van der Waals surface area contributed by atoms with E-state index in [0.717, 1.165) is 25.9 Å². The summed E-state index contributed by atoms with van der Waals surface area (Å²) in [5.41, 5.74) is 1.37. The van der Waals surface area contributed by atoms with Crippen LogP contribution >= 0.6 is 0 Å². The molecule has 0 spiro atoms. The SMILES string of the molecule is C=CC[C@@H](C)[C@@H](CC)N(CC=C)Cc1ccccc1. The van der Waals surface area contributed by atoms with Crippen molar-refractivity contribution >= 4 is 0 Å². The molecule has 1 aromatic carbocycles. The summed E-state index contributed by atoms with van der Waals surface area (Å²) >= 11 is 0. The van der Waals surface area contributed by atoms with E-state index in [-0.39, 0.29) is 0 Å². The first-order valence-corrected chi connectivity index (χ1v) is 7.22. The van der Waals surface area contributed by atoms with Gasteiger partial charge in [0.05, 0.1) is 0 Å². The predicted octanol–water partition coefficient (Wildman–Crippen LogP) is 4.67. The van der Waals surface area contributed by atoms with Crippen molar-refractivity contribution in [1.29, 1.82) is 0 Å². The molecular weight excluding hydrogens is 230 g/mol. The minimum Gasteiger partial charge on any atom is -0.292 e. The van der Waals surface area contributed by atoms with E-state index in [9.17, 15) is 0 Å². The van der Waals surface area contributed by atoms with Crippen LogP contribution in [0.1, 0.15) is 32.3 Å². The van der Waals surface area contributed by atoms with Crippen molar-refractivity contribution in [2.24, 2.45) is 5.92 Å². The summed E-state index contributed by atoms with van der Waals surface area (Å²) < 4.78 is 0. The standard InChI is InChI=1S/C18H27N/c1-5-11-16(4)18(7-3)19(14-6-2)15-17-12-9-8-10-13-17/h5-6,8-10,12-13,16,18H,1-2,7,11,14-15H2,3-4H3/t16-,18-/m1/s1. The Morgan fingerprint density at radius 2 is 1.84 bits per heavy atom. The van der Waals surface area contributed by atoms with Crippen LogP contribution in [0.25, 0.3) is 0 Å². The van der Waals surface area contributed by atoms with E-state index in [4.69, 9.17) is 0 Å². The average Bonchev–Trinajstić information content (AvgIpc) is 2.41. The van der Waals surface area contributed by atoms with Crippen LogP contribution in [0.5, 0.6) is 0 Å². The molecule has 0 aromatic heterocycles. The second kappa shape index (κ2) is 8.71. The normalized spacial score (nSPS) is 14.1. The van der Waals surface area contributed by atoms with E-state index in [1.807, 2.05) is 12.2 Å². The predicted molar refractivity (Wildman–Crippen MR) is 85.1 cm³/mol. The van der Waals surface area contributed by atoms with Crippen LogP contribution < -0.4 is 0 Å². The van der Waals surface area contributed by atoms with Crippen LogP contribution in [0.3, 0.4) is 0 Å². The van der Waals surface area contributed by atoms with Crippen LogP contribution in [-0.2, 0) is 6.54 Å². The van der Waals surface area contributed by atoms with Crippen LogP contribution in [0.2, 0.25) is 0 Å². The first-order chi connectivity index (χ1) is 9.22. The number of allylic oxidation sites excluding steroid dienone is 1. The monoisotopic (exact) mass is 257 g/mol. The molecule has 0 saturated heterocycles. The molecule has 1 nitrogen and oxygen atoms in total. The molecule has 0 bridgehead atoms. The van der Waals surface area contributed by atoms with Crippen molar-refractivity contribution in [3.63, 3.8) is 0 Å². The van der Waals surface area contributed by atoms with Gasteiger partial charge in [-0.15, -0.1) is 13.2 Å². The number of benzene rings is 1. The van der Waals surface area contributed by atoms with Gasteiger partial charge in [0.25, 0.3) is 0 Å². The second-order valence-corrected chi connectivity index (χ2v) is 5.18. The van der Waals surface area contributed by atoms with Gasteiger partial charge in [-0.25, -0.2) is 0 Å². The molecule has 0 unspecified atom stereocenters. The molecule has 0 radical (unpaired) electrons. The molecule has 19 heavy (non-hydrogen) atoms. The van der Waals surface area contributed by atoms with Crippen LogP contribution in [0.15, 0.2) is 55.6 Å². The molecule has 0 fully saturated rings. The topological polar surface area (TPSA) is 3.24 Å². The largest absolute Gasteiger partial charge is 0.292 e.